The van der Waals surface area contributed by atoms with Crippen LogP contribution >= 0.6 is 11.6 Å². The van der Waals surface area contributed by atoms with Crippen molar-refractivity contribution in [2.24, 2.45) is 5.14 Å². The van der Waals surface area contributed by atoms with E-state index >= 15 is 0 Å². The van der Waals surface area contributed by atoms with Gasteiger partial charge in [0, 0.05) is 11.6 Å². The molecule has 6 nitrogen and oxygen atoms in total. The summed E-state index contributed by atoms with van der Waals surface area (Å²) >= 11 is 5.82. The minimum atomic E-state index is -3.66. The van der Waals surface area contributed by atoms with E-state index in [-0.39, 0.29) is 11.5 Å². The van der Waals surface area contributed by atoms with Crippen LogP contribution in [-0.2, 0) is 27.8 Å². The van der Waals surface area contributed by atoms with E-state index in [1.165, 1.54) is 12.1 Å². The van der Waals surface area contributed by atoms with Crippen molar-refractivity contribution >= 4 is 21.6 Å². The van der Waals surface area contributed by atoms with E-state index < -0.39 is 16.1 Å². The number of primary sulfonamides is 1. The molecular formula is C18H23ClN2O4S. The lowest BCUT2D eigenvalue weighted by atomic mass is 10.1. The van der Waals surface area contributed by atoms with Crippen LogP contribution in [-0.4, -0.2) is 39.3 Å². The molecule has 0 aliphatic carbocycles. The Balaban J connectivity index is 1.61. The lowest BCUT2D eigenvalue weighted by molar-refractivity contribution is 0.0290. The van der Waals surface area contributed by atoms with E-state index in [4.69, 9.17) is 21.5 Å². The largest absolute Gasteiger partial charge is 0.389 e. The highest BCUT2D eigenvalue weighted by atomic mass is 35.5. The summed E-state index contributed by atoms with van der Waals surface area (Å²) in [4.78, 5) is 0.0995. The fourth-order valence-corrected chi connectivity index (χ4v) is 2.94. The Bertz CT molecular complexity index is 780. The predicted molar refractivity (Wildman–Crippen MR) is 102 cm³/mol. The number of aliphatic hydroxyl groups is 1. The first kappa shape index (κ1) is 20.8. The number of rotatable bonds is 10. The van der Waals surface area contributed by atoms with Crippen LogP contribution in [0.25, 0.3) is 0 Å². The molecule has 0 saturated carbocycles. The molecule has 2 aromatic rings. The summed E-state index contributed by atoms with van der Waals surface area (Å²) in [6, 6.07) is 13.8. The van der Waals surface area contributed by atoms with Crippen LogP contribution in [0.2, 0.25) is 5.02 Å². The highest BCUT2D eigenvalue weighted by Crippen LogP contribution is 2.10. The van der Waals surface area contributed by atoms with E-state index in [2.05, 4.69) is 5.32 Å². The van der Waals surface area contributed by atoms with Crippen molar-refractivity contribution in [1.82, 2.24) is 5.32 Å². The molecule has 2 rings (SSSR count). The number of nitrogens with one attached hydrogen (secondary N) is 1. The molecule has 1 unspecified atom stereocenters. The smallest absolute Gasteiger partial charge is 0.238 e. The van der Waals surface area contributed by atoms with E-state index in [0.717, 1.165) is 11.1 Å². The van der Waals surface area contributed by atoms with Crippen LogP contribution in [0.4, 0.5) is 0 Å². The maximum atomic E-state index is 11.2. The van der Waals surface area contributed by atoms with Crippen LogP contribution < -0.4 is 10.5 Å². The van der Waals surface area contributed by atoms with Crippen molar-refractivity contribution < 1.29 is 18.3 Å². The molecule has 0 heterocycles. The van der Waals surface area contributed by atoms with Crippen molar-refractivity contribution in [3.8, 4) is 0 Å². The normalized spacial score (nSPS) is 12.9. The summed E-state index contributed by atoms with van der Waals surface area (Å²) in [7, 11) is -3.66. The second kappa shape index (κ2) is 10.0. The standard InChI is InChI=1S/C18H23ClN2O4S/c19-16-5-1-15(2-6-16)12-25-13-17(22)11-21-10-9-14-3-7-18(8-4-14)26(20,23)24/h1-8,17,21-22H,9-13H2,(H2,20,23,24). The van der Waals surface area contributed by atoms with Gasteiger partial charge in [0.2, 0.25) is 10.0 Å². The Labute approximate surface area is 159 Å². The van der Waals surface area contributed by atoms with Gasteiger partial charge < -0.3 is 15.2 Å². The molecule has 0 saturated heterocycles. The fraction of sp³-hybridized carbons (Fsp3) is 0.333. The molecule has 26 heavy (non-hydrogen) atoms. The highest BCUT2D eigenvalue weighted by molar-refractivity contribution is 7.89. The number of hydrogen-bond acceptors (Lipinski definition) is 5. The Morgan fingerprint density at radius 1 is 1.08 bits per heavy atom. The average molecular weight is 399 g/mol. The molecular weight excluding hydrogens is 376 g/mol. The Morgan fingerprint density at radius 2 is 1.69 bits per heavy atom. The number of ether oxygens (including phenoxy) is 1. The zero-order chi connectivity index (χ0) is 19.0. The molecule has 142 valence electrons. The molecule has 4 N–H and O–H groups in total. The van der Waals surface area contributed by atoms with Gasteiger partial charge in [-0.05, 0) is 48.4 Å². The number of nitrogens with two attached hydrogens (primary N) is 1. The minimum absolute atomic E-state index is 0.0995. The second-order valence-electron chi connectivity index (χ2n) is 5.94. The van der Waals surface area contributed by atoms with E-state index in [1.807, 2.05) is 12.1 Å². The lowest BCUT2D eigenvalue weighted by Crippen LogP contribution is -2.31. The number of aliphatic hydroxyl groups excluding tert-OH is 1. The number of hydrogen-bond donors (Lipinski definition) is 3. The van der Waals surface area contributed by atoms with Crippen molar-refractivity contribution in [2.75, 3.05) is 19.7 Å². The molecule has 1 atom stereocenters. The summed E-state index contributed by atoms with van der Waals surface area (Å²) in [5.74, 6) is 0. The van der Waals surface area contributed by atoms with Gasteiger partial charge in [-0.25, -0.2) is 13.6 Å². The van der Waals surface area contributed by atoms with Gasteiger partial charge in [-0.2, -0.15) is 0 Å². The molecule has 0 radical (unpaired) electrons. The maximum Gasteiger partial charge on any atom is 0.238 e. The average Bonchev–Trinajstić information content (AvgIpc) is 2.60. The first-order valence-corrected chi connectivity index (χ1v) is 10.1. The van der Waals surface area contributed by atoms with Gasteiger partial charge in [0.15, 0.2) is 0 Å². The zero-order valence-electron chi connectivity index (χ0n) is 14.3. The SMILES string of the molecule is NS(=O)(=O)c1ccc(CCNCC(O)COCc2ccc(Cl)cc2)cc1. The van der Waals surface area contributed by atoms with Crippen molar-refractivity contribution in [1.29, 1.82) is 0 Å². The van der Waals surface area contributed by atoms with Crippen LogP contribution in [0, 0.1) is 0 Å². The van der Waals surface area contributed by atoms with Gasteiger partial charge in [-0.15, -0.1) is 0 Å². The topological polar surface area (TPSA) is 102 Å². The summed E-state index contributed by atoms with van der Waals surface area (Å²) in [6.07, 6.45) is 0.107. The molecule has 0 bridgehead atoms. The third-order valence-corrected chi connectivity index (χ3v) is 4.90. The monoisotopic (exact) mass is 398 g/mol. The number of sulfonamides is 1. The molecule has 0 aromatic heterocycles. The molecule has 0 aliphatic heterocycles. The van der Waals surface area contributed by atoms with Crippen LogP contribution in [0.1, 0.15) is 11.1 Å². The first-order valence-electron chi connectivity index (χ1n) is 8.17. The molecule has 8 heteroatoms. The van der Waals surface area contributed by atoms with Crippen molar-refractivity contribution in [3.05, 3.63) is 64.7 Å². The van der Waals surface area contributed by atoms with Crippen LogP contribution in [0.5, 0.6) is 0 Å². The van der Waals surface area contributed by atoms with Crippen molar-refractivity contribution in [3.63, 3.8) is 0 Å². The summed E-state index contributed by atoms with van der Waals surface area (Å²) in [5, 5.41) is 18.8. The molecule has 0 spiro atoms. The molecule has 0 amide bonds. The van der Waals surface area contributed by atoms with E-state index in [0.29, 0.717) is 31.1 Å². The highest BCUT2D eigenvalue weighted by Gasteiger charge is 2.07. The van der Waals surface area contributed by atoms with Gasteiger partial charge in [-0.1, -0.05) is 35.9 Å². The van der Waals surface area contributed by atoms with Gasteiger partial charge in [-0.3, -0.25) is 0 Å². The van der Waals surface area contributed by atoms with Crippen molar-refractivity contribution in [2.45, 2.75) is 24.0 Å². The number of halogens is 1. The minimum Gasteiger partial charge on any atom is -0.389 e. The zero-order valence-corrected chi connectivity index (χ0v) is 15.8. The van der Waals surface area contributed by atoms with E-state index in [1.54, 1.807) is 24.3 Å². The fourth-order valence-electron chi connectivity index (χ4n) is 2.30. The Kier molecular flexibility index (Phi) is 8.02. The third-order valence-electron chi connectivity index (χ3n) is 3.71. The van der Waals surface area contributed by atoms with E-state index in [9.17, 15) is 13.5 Å². The lowest BCUT2D eigenvalue weighted by Gasteiger charge is -2.12. The first-order chi connectivity index (χ1) is 12.3. The quantitative estimate of drug-likeness (QED) is 0.529. The van der Waals surface area contributed by atoms with Crippen LogP contribution in [0.3, 0.4) is 0 Å². The number of benzene rings is 2. The van der Waals surface area contributed by atoms with Gasteiger partial charge >= 0.3 is 0 Å². The molecule has 0 fully saturated rings. The molecule has 2 aromatic carbocycles. The Hall–Kier alpha value is -1.48. The van der Waals surface area contributed by atoms with Crippen LogP contribution in [0.15, 0.2) is 53.4 Å². The second-order valence-corrected chi connectivity index (χ2v) is 7.94. The Morgan fingerprint density at radius 3 is 2.31 bits per heavy atom. The summed E-state index contributed by atoms with van der Waals surface area (Å²) in [6.45, 7) is 1.72. The van der Waals surface area contributed by atoms with Gasteiger partial charge in [0.1, 0.15) is 0 Å². The predicted octanol–water partition coefficient (Wildman–Crippen LogP) is 1.70. The van der Waals surface area contributed by atoms with Gasteiger partial charge in [0.25, 0.3) is 0 Å². The summed E-state index contributed by atoms with van der Waals surface area (Å²) in [5.41, 5.74) is 1.98. The molecule has 0 aliphatic rings. The third kappa shape index (κ3) is 7.41. The maximum absolute atomic E-state index is 11.2. The summed E-state index contributed by atoms with van der Waals surface area (Å²) < 4.78 is 27.9. The van der Waals surface area contributed by atoms with Gasteiger partial charge in [0.05, 0.1) is 24.2 Å².